The Labute approximate surface area is 133 Å². The van der Waals surface area contributed by atoms with Gasteiger partial charge in [0.15, 0.2) is 5.82 Å². The molecule has 0 spiro atoms. The zero-order valence-electron chi connectivity index (χ0n) is 11.6. The van der Waals surface area contributed by atoms with Gasteiger partial charge >= 0.3 is 0 Å². The molecular formula is C16H18IN3. The number of aryl methyl sites for hydroxylation is 1. The van der Waals surface area contributed by atoms with E-state index in [0.717, 1.165) is 20.7 Å². The maximum Gasteiger partial charge on any atom is 0.161 e. The van der Waals surface area contributed by atoms with E-state index in [2.05, 4.69) is 58.8 Å². The average Bonchev–Trinajstić information content (AvgIpc) is 2.96. The first kappa shape index (κ1) is 13.8. The smallest absolute Gasteiger partial charge is 0.161 e. The second-order valence-corrected chi connectivity index (χ2v) is 6.56. The van der Waals surface area contributed by atoms with Gasteiger partial charge in [-0.25, -0.2) is 9.97 Å². The lowest BCUT2D eigenvalue weighted by Gasteiger charge is -2.14. The first-order valence-corrected chi connectivity index (χ1v) is 8.13. The van der Waals surface area contributed by atoms with Crippen molar-refractivity contribution in [2.45, 2.75) is 38.5 Å². The normalized spacial score (nSPS) is 15.7. The molecule has 0 amide bonds. The molecule has 1 heterocycles. The highest BCUT2D eigenvalue weighted by Gasteiger charge is 2.23. The van der Waals surface area contributed by atoms with Gasteiger partial charge in [-0.3, -0.25) is 0 Å². The Morgan fingerprint density at radius 2 is 1.75 bits per heavy atom. The van der Waals surface area contributed by atoms with Crippen LogP contribution in [0.1, 0.15) is 42.9 Å². The number of aromatic nitrogens is 2. The third kappa shape index (κ3) is 2.66. The van der Waals surface area contributed by atoms with Crippen LogP contribution in [0.5, 0.6) is 0 Å². The molecule has 2 N–H and O–H groups in total. The van der Waals surface area contributed by atoms with Crippen LogP contribution in [0.2, 0.25) is 0 Å². The van der Waals surface area contributed by atoms with Crippen LogP contribution in [0, 0.1) is 10.5 Å². The lowest BCUT2D eigenvalue weighted by molar-refractivity contribution is 0.691. The minimum absolute atomic E-state index is 0.552. The van der Waals surface area contributed by atoms with Gasteiger partial charge < -0.3 is 5.73 Å². The molecule has 0 radical (unpaired) electrons. The fourth-order valence-corrected chi connectivity index (χ4v) is 3.47. The summed E-state index contributed by atoms with van der Waals surface area (Å²) >= 11 is 2.29. The standard InChI is InChI=1S/C16H18IN3/c1-10-6-8-12(9-7-10)16-19-14(11-4-2-3-5-11)13(17)15(18)20-16/h6-9,11H,2-5H2,1H3,(H2,18,19,20). The molecule has 0 saturated heterocycles. The molecule has 1 aromatic heterocycles. The fraction of sp³-hybridized carbons (Fsp3) is 0.375. The minimum atomic E-state index is 0.552. The van der Waals surface area contributed by atoms with E-state index in [1.807, 2.05) is 0 Å². The van der Waals surface area contributed by atoms with Crippen LogP contribution in [0.25, 0.3) is 11.4 Å². The van der Waals surface area contributed by atoms with Crippen molar-refractivity contribution in [2.75, 3.05) is 5.73 Å². The Bertz CT molecular complexity index is 616. The van der Waals surface area contributed by atoms with Gasteiger partial charge in [0, 0.05) is 11.5 Å². The van der Waals surface area contributed by atoms with Gasteiger partial charge in [-0.1, -0.05) is 42.7 Å². The van der Waals surface area contributed by atoms with Gasteiger partial charge in [0.1, 0.15) is 5.82 Å². The van der Waals surface area contributed by atoms with Gasteiger partial charge in [0.25, 0.3) is 0 Å². The lowest BCUT2D eigenvalue weighted by atomic mass is 10.0. The summed E-state index contributed by atoms with van der Waals surface area (Å²) in [5, 5.41) is 0. The second-order valence-electron chi connectivity index (χ2n) is 5.48. The van der Waals surface area contributed by atoms with Crippen molar-refractivity contribution in [3.63, 3.8) is 0 Å². The quantitative estimate of drug-likeness (QED) is 0.792. The van der Waals surface area contributed by atoms with Gasteiger partial charge in [-0.15, -0.1) is 0 Å². The van der Waals surface area contributed by atoms with Crippen molar-refractivity contribution in [3.8, 4) is 11.4 Å². The van der Waals surface area contributed by atoms with Crippen molar-refractivity contribution in [1.82, 2.24) is 9.97 Å². The van der Waals surface area contributed by atoms with E-state index >= 15 is 0 Å². The molecule has 2 aromatic rings. The Morgan fingerprint density at radius 3 is 2.40 bits per heavy atom. The Morgan fingerprint density at radius 1 is 1.10 bits per heavy atom. The molecule has 3 rings (SSSR count). The molecule has 3 nitrogen and oxygen atoms in total. The molecule has 4 heteroatoms. The molecule has 0 bridgehead atoms. The lowest BCUT2D eigenvalue weighted by Crippen LogP contribution is -2.07. The van der Waals surface area contributed by atoms with E-state index in [1.165, 1.54) is 31.2 Å². The molecule has 0 aliphatic heterocycles. The van der Waals surface area contributed by atoms with Crippen molar-refractivity contribution in [1.29, 1.82) is 0 Å². The van der Waals surface area contributed by atoms with E-state index in [4.69, 9.17) is 10.7 Å². The largest absolute Gasteiger partial charge is 0.383 e. The molecule has 1 aliphatic rings. The van der Waals surface area contributed by atoms with Crippen molar-refractivity contribution < 1.29 is 0 Å². The fourth-order valence-electron chi connectivity index (χ4n) is 2.78. The Kier molecular flexibility index (Phi) is 3.92. The molecule has 1 fully saturated rings. The topological polar surface area (TPSA) is 51.8 Å². The Hall–Kier alpha value is -1.17. The first-order chi connectivity index (χ1) is 9.65. The third-order valence-corrected chi connectivity index (χ3v) is 5.06. The molecule has 1 aliphatic carbocycles. The summed E-state index contributed by atoms with van der Waals surface area (Å²) < 4.78 is 1.03. The number of nitrogens with two attached hydrogens (primary N) is 1. The van der Waals surface area contributed by atoms with E-state index in [1.54, 1.807) is 0 Å². The van der Waals surface area contributed by atoms with Gasteiger partial charge in [-0.05, 0) is 42.4 Å². The number of halogens is 1. The highest BCUT2D eigenvalue weighted by Crippen LogP contribution is 2.37. The summed E-state index contributed by atoms with van der Waals surface area (Å²) in [6.07, 6.45) is 5.04. The Balaban J connectivity index is 2.05. The van der Waals surface area contributed by atoms with E-state index in [9.17, 15) is 0 Å². The SMILES string of the molecule is Cc1ccc(-c2nc(N)c(I)c(C3CCCC3)n2)cc1. The molecule has 20 heavy (non-hydrogen) atoms. The van der Waals surface area contributed by atoms with Gasteiger partial charge in [-0.2, -0.15) is 0 Å². The summed E-state index contributed by atoms with van der Waals surface area (Å²) in [4.78, 5) is 9.28. The zero-order valence-corrected chi connectivity index (χ0v) is 13.7. The molecule has 0 unspecified atom stereocenters. The van der Waals surface area contributed by atoms with Gasteiger partial charge in [0.2, 0.25) is 0 Å². The molecule has 1 aromatic carbocycles. The maximum atomic E-state index is 6.10. The number of rotatable bonds is 2. The van der Waals surface area contributed by atoms with Crippen molar-refractivity contribution >= 4 is 28.4 Å². The van der Waals surface area contributed by atoms with Crippen LogP contribution in [-0.2, 0) is 0 Å². The second kappa shape index (κ2) is 5.68. The van der Waals surface area contributed by atoms with Crippen LogP contribution in [-0.4, -0.2) is 9.97 Å². The number of benzene rings is 1. The molecule has 0 atom stereocenters. The van der Waals surface area contributed by atoms with E-state index in [-0.39, 0.29) is 0 Å². The predicted octanol–water partition coefficient (Wildman–Crippen LogP) is 4.30. The highest BCUT2D eigenvalue weighted by molar-refractivity contribution is 14.1. The van der Waals surface area contributed by atoms with Crippen LogP contribution < -0.4 is 5.73 Å². The third-order valence-electron chi connectivity index (χ3n) is 3.95. The number of hydrogen-bond donors (Lipinski definition) is 1. The minimum Gasteiger partial charge on any atom is -0.383 e. The summed E-state index contributed by atoms with van der Waals surface area (Å²) in [5.74, 6) is 1.92. The maximum absolute atomic E-state index is 6.10. The predicted molar refractivity (Wildman–Crippen MR) is 90.5 cm³/mol. The van der Waals surface area contributed by atoms with E-state index in [0.29, 0.717) is 11.7 Å². The van der Waals surface area contributed by atoms with Crippen LogP contribution >= 0.6 is 22.6 Å². The summed E-state index contributed by atoms with van der Waals surface area (Å²) in [6, 6.07) is 8.30. The van der Waals surface area contributed by atoms with E-state index < -0.39 is 0 Å². The average molecular weight is 379 g/mol. The molecular weight excluding hydrogens is 361 g/mol. The zero-order chi connectivity index (χ0) is 14.1. The van der Waals surface area contributed by atoms with Crippen molar-refractivity contribution in [3.05, 3.63) is 39.1 Å². The first-order valence-electron chi connectivity index (χ1n) is 7.05. The number of nitrogen functional groups attached to an aromatic ring is 1. The summed E-state index contributed by atoms with van der Waals surface area (Å²) in [6.45, 7) is 2.08. The van der Waals surface area contributed by atoms with Crippen molar-refractivity contribution in [2.24, 2.45) is 0 Å². The number of anilines is 1. The molecule has 104 valence electrons. The van der Waals surface area contributed by atoms with Gasteiger partial charge in [0.05, 0.1) is 9.26 Å². The van der Waals surface area contributed by atoms with Crippen LogP contribution in [0.3, 0.4) is 0 Å². The number of hydrogen-bond acceptors (Lipinski definition) is 3. The highest BCUT2D eigenvalue weighted by atomic mass is 127. The summed E-state index contributed by atoms with van der Waals surface area (Å²) in [5.41, 5.74) is 9.52. The molecule has 1 saturated carbocycles. The monoisotopic (exact) mass is 379 g/mol. The van der Waals surface area contributed by atoms with Crippen LogP contribution in [0.4, 0.5) is 5.82 Å². The number of nitrogens with zero attached hydrogens (tertiary/aromatic N) is 2. The summed E-state index contributed by atoms with van der Waals surface area (Å²) in [7, 11) is 0. The van der Waals surface area contributed by atoms with Crippen LogP contribution in [0.15, 0.2) is 24.3 Å².